The van der Waals surface area contributed by atoms with Crippen LogP contribution in [0.1, 0.15) is 26.7 Å². The Bertz CT molecular complexity index is 204. The smallest absolute Gasteiger partial charge is 0.314 e. The van der Waals surface area contributed by atoms with Gasteiger partial charge in [-0.2, -0.15) is 0 Å². The molecule has 13 heavy (non-hydrogen) atoms. The first-order valence-electron chi connectivity index (χ1n) is 4.54. The van der Waals surface area contributed by atoms with Gasteiger partial charge in [0, 0.05) is 6.42 Å². The molecule has 4 heteroatoms. The Balaban J connectivity index is 2.76. The molecule has 76 valence electrons. The van der Waals surface area contributed by atoms with E-state index in [2.05, 4.69) is 0 Å². The molecule has 1 saturated heterocycles. The Morgan fingerprint density at radius 2 is 2.31 bits per heavy atom. The molecule has 0 aromatic carbocycles. The van der Waals surface area contributed by atoms with Gasteiger partial charge in [-0.3, -0.25) is 4.79 Å². The topological polar surface area (TPSA) is 66.8 Å². The van der Waals surface area contributed by atoms with Crippen molar-refractivity contribution in [1.29, 1.82) is 0 Å². The van der Waals surface area contributed by atoms with Crippen LogP contribution < -0.4 is 0 Å². The number of ether oxygens (including phenoxy) is 1. The first-order valence-corrected chi connectivity index (χ1v) is 4.54. The van der Waals surface area contributed by atoms with E-state index in [1.807, 2.05) is 6.92 Å². The standard InChI is InChI=1S/C9H16O4/c1-3-9(2)7(11)4-6(5-10)13-8(9)12/h6-7,10-11H,3-5H2,1-2H3. The highest BCUT2D eigenvalue weighted by molar-refractivity contribution is 5.78. The average molecular weight is 188 g/mol. The van der Waals surface area contributed by atoms with Gasteiger partial charge in [-0.05, 0) is 13.3 Å². The van der Waals surface area contributed by atoms with Crippen LogP contribution in [0.15, 0.2) is 0 Å². The zero-order chi connectivity index (χ0) is 10.1. The molecule has 3 unspecified atom stereocenters. The number of aliphatic hydroxyl groups excluding tert-OH is 2. The third-order valence-corrected chi connectivity index (χ3v) is 2.90. The molecule has 0 aliphatic carbocycles. The minimum atomic E-state index is -0.800. The zero-order valence-electron chi connectivity index (χ0n) is 7.99. The maximum absolute atomic E-state index is 11.4. The number of carbonyl (C=O) groups is 1. The van der Waals surface area contributed by atoms with Gasteiger partial charge in [0.25, 0.3) is 0 Å². The molecule has 0 spiro atoms. The number of rotatable bonds is 2. The number of hydrogen-bond donors (Lipinski definition) is 2. The fraction of sp³-hybridized carbons (Fsp3) is 0.889. The molecule has 1 aliphatic rings. The summed E-state index contributed by atoms with van der Waals surface area (Å²) in [5.74, 6) is -0.409. The molecule has 1 fully saturated rings. The van der Waals surface area contributed by atoms with E-state index in [1.165, 1.54) is 0 Å². The summed E-state index contributed by atoms with van der Waals surface area (Å²) in [7, 11) is 0. The summed E-state index contributed by atoms with van der Waals surface area (Å²) in [6.45, 7) is 3.31. The lowest BCUT2D eigenvalue weighted by atomic mass is 9.77. The second-order valence-corrected chi connectivity index (χ2v) is 3.73. The monoisotopic (exact) mass is 188 g/mol. The van der Waals surface area contributed by atoms with E-state index in [0.29, 0.717) is 12.8 Å². The average Bonchev–Trinajstić information content (AvgIpc) is 2.13. The Morgan fingerprint density at radius 1 is 1.69 bits per heavy atom. The number of aliphatic hydroxyl groups is 2. The number of hydrogen-bond acceptors (Lipinski definition) is 4. The van der Waals surface area contributed by atoms with Crippen LogP contribution in [0.5, 0.6) is 0 Å². The second-order valence-electron chi connectivity index (χ2n) is 3.73. The van der Waals surface area contributed by atoms with Gasteiger partial charge in [0.05, 0.1) is 18.1 Å². The number of cyclic esters (lactones) is 1. The maximum atomic E-state index is 11.4. The lowest BCUT2D eigenvalue weighted by molar-refractivity contribution is -0.186. The molecule has 1 aliphatic heterocycles. The van der Waals surface area contributed by atoms with E-state index in [0.717, 1.165) is 0 Å². The van der Waals surface area contributed by atoms with Gasteiger partial charge in [-0.25, -0.2) is 0 Å². The van der Waals surface area contributed by atoms with Crippen LogP contribution in [0, 0.1) is 5.41 Å². The van der Waals surface area contributed by atoms with E-state index < -0.39 is 23.6 Å². The highest BCUT2D eigenvalue weighted by Gasteiger charge is 2.46. The molecule has 4 nitrogen and oxygen atoms in total. The molecule has 0 aromatic heterocycles. The van der Waals surface area contributed by atoms with Gasteiger partial charge in [-0.1, -0.05) is 6.92 Å². The van der Waals surface area contributed by atoms with Crippen molar-refractivity contribution in [2.45, 2.75) is 38.9 Å². The fourth-order valence-electron chi connectivity index (χ4n) is 1.47. The van der Waals surface area contributed by atoms with Gasteiger partial charge >= 0.3 is 5.97 Å². The molecule has 0 bridgehead atoms. The van der Waals surface area contributed by atoms with Crippen molar-refractivity contribution >= 4 is 5.97 Å². The van der Waals surface area contributed by atoms with Crippen LogP contribution in [-0.4, -0.2) is 35.0 Å². The lowest BCUT2D eigenvalue weighted by Gasteiger charge is -2.38. The molecule has 2 N–H and O–H groups in total. The van der Waals surface area contributed by atoms with Crippen molar-refractivity contribution in [3.05, 3.63) is 0 Å². The first kappa shape index (κ1) is 10.5. The van der Waals surface area contributed by atoms with Crippen molar-refractivity contribution in [3.63, 3.8) is 0 Å². The molecule has 0 radical (unpaired) electrons. The summed E-state index contributed by atoms with van der Waals surface area (Å²) in [6, 6.07) is 0. The molecule has 0 saturated carbocycles. The molecular formula is C9H16O4. The Labute approximate surface area is 77.5 Å². The zero-order valence-corrected chi connectivity index (χ0v) is 7.99. The SMILES string of the molecule is CCC1(C)C(=O)OC(CO)CC1O. The van der Waals surface area contributed by atoms with Crippen LogP contribution in [0.2, 0.25) is 0 Å². The van der Waals surface area contributed by atoms with E-state index in [1.54, 1.807) is 6.92 Å². The summed E-state index contributed by atoms with van der Waals surface area (Å²) in [5, 5.41) is 18.5. The Hall–Kier alpha value is -0.610. The predicted molar refractivity (Wildman–Crippen MR) is 46.0 cm³/mol. The number of esters is 1. The van der Waals surface area contributed by atoms with Gasteiger partial charge < -0.3 is 14.9 Å². The summed E-state index contributed by atoms with van der Waals surface area (Å²) in [4.78, 5) is 11.4. The number of carbonyl (C=O) groups excluding carboxylic acids is 1. The van der Waals surface area contributed by atoms with E-state index in [9.17, 15) is 9.90 Å². The third-order valence-electron chi connectivity index (χ3n) is 2.90. The fourth-order valence-corrected chi connectivity index (χ4v) is 1.47. The van der Waals surface area contributed by atoms with Crippen LogP contribution in [0.25, 0.3) is 0 Å². The maximum Gasteiger partial charge on any atom is 0.314 e. The van der Waals surface area contributed by atoms with Crippen molar-refractivity contribution in [3.8, 4) is 0 Å². The molecular weight excluding hydrogens is 172 g/mol. The van der Waals surface area contributed by atoms with E-state index in [4.69, 9.17) is 9.84 Å². The quantitative estimate of drug-likeness (QED) is 0.602. The molecule has 1 rings (SSSR count). The van der Waals surface area contributed by atoms with Gasteiger partial charge in [-0.15, -0.1) is 0 Å². The summed E-state index contributed by atoms with van der Waals surface area (Å²) in [5.41, 5.74) is -0.800. The minimum absolute atomic E-state index is 0.220. The van der Waals surface area contributed by atoms with Crippen molar-refractivity contribution in [2.75, 3.05) is 6.61 Å². The molecule has 3 atom stereocenters. The third kappa shape index (κ3) is 1.69. The van der Waals surface area contributed by atoms with Crippen molar-refractivity contribution < 1.29 is 19.7 Å². The molecule has 1 heterocycles. The van der Waals surface area contributed by atoms with Crippen LogP contribution in [-0.2, 0) is 9.53 Å². The summed E-state index contributed by atoms with van der Waals surface area (Å²) >= 11 is 0. The van der Waals surface area contributed by atoms with Crippen molar-refractivity contribution in [1.82, 2.24) is 0 Å². The van der Waals surface area contributed by atoms with Crippen LogP contribution >= 0.6 is 0 Å². The minimum Gasteiger partial charge on any atom is -0.459 e. The van der Waals surface area contributed by atoms with Crippen LogP contribution in [0.4, 0.5) is 0 Å². The first-order chi connectivity index (χ1) is 6.04. The highest BCUT2D eigenvalue weighted by Crippen LogP contribution is 2.35. The van der Waals surface area contributed by atoms with Gasteiger partial charge in [0.2, 0.25) is 0 Å². The largest absolute Gasteiger partial charge is 0.459 e. The van der Waals surface area contributed by atoms with Gasteiger partial charge in [0.15, 0.2) is 0 Å². The van der Waals surface area contributed by atoms with E-state index in [-0.39, 0.29) is 6.61 Å². The van der Waals surface area contributed by atoms with E-state index >= 15 is 0 Å². The van der Waals surface area contributed by atoms with Crippen molar-refractivity contribution in [2.24, 2.45) is 5.41 Å². The van der Waals surface area contributed by atoms with Gasteiger partial charge in [0.1, 0.15) is 6.10 Å². The second kappa shape index (κ2) is 3.64. The summed E-state index contributed by atoms with van der Waals surface area (Å²) < 4.78 is 4.96. The predicted octanol–water partition coefficient (Wildman–Crippen LogP) is 0.0714. The lowest BCUT2D eigenvalue weighted by Crippen LogP contribution is -2.49. The Morgan fingerprint density at radius 3 is 2.69 bits per heavy atom. The Kier molecular flexibility index (Phi) is 2.93. The molecule has 0 amide bonds. The summed E-state index contributed by atoms with van der Waals surface area (Å²) in [6.07, 6.45) is -0.379. The van der Waals surface area contributed by atoms with Crippen LogP contribution in [0.3, 0.4) is 0 Å². The normalized spacial score (nSPS) is 40.2. The molecule has 0 aromatic rings. The highest BCUT2D eigenvalue weighted by atomic mass is 16.6.